The number of rotatable bonds is 3. The first-order chi connectivity index (χ1) is 15.3. The minimum Gasteiger partial charge on any atom is -0.388 e. The van der Waals surface area contributed by atoms with Gasteiger partial charge in [-0.25, -0.2) is 0 Å². The number of likely N-dealkylation sites (tertiary alicyclic amines) is 1. The van der Waals surface area contributed by atoms with Crippen LogP contribution in [0.25, 0.3) is 0 Å². The van der Waals surface area contributed by atoms with Gasteiger partial charge in [-0.3, -0.25) is 4.90 Å². The molecule has 0 saturated carbocycles. The summed E-state index contributed by atoms with van der Waals surface area (Å²) < 4.78 is 0. The molecule has 2 aliphatic heterocycles. The number of nitrogens with zero attached hydrogens (tertiary/aromatic N) is 2. The fourth-order valence-electron chi connectivity index (χ4n) is 5.89. The van der Waals surface area contributed by atoms with Gasteiger partial charge in [-0.1, -0.05) is 89.9 Å². The lowest BCUT2D eigenvalue weighted by molar-refractivity contribution is -0.0174. The van der Waals surface area contributed by atoms with Crippen LogP contribution in [0.1, 0.15) is 47.4 Å². The third-order valence-electron chi connectivity index (χ3n) is 7.17. The summed E-state index contributed by atoms with van der Waals surface area (Å²) in [6, 6.07) is 27.7. The molecule has 0 unspecified atom stereocenters. The zero-order chi connectivity index (χ0) is 20.8. The summed E-state index contributed by atoms with van der Waals surface area (Å²) in [6.07, 6.45) is 3.62. The predicted octanol–water partition coefficient (Wildman–Crippen LogP) is 5.97. The lowest BCUT2D eigenvalue weighted by atomic mass is 9.78. The minimum atomic E-state index is -0.384. The summed E-state index contributed by atoms with van der Waals surface area (Å²) in [7, 11) is 0. The van der Waals surface area contributed by atoms with Gasteiger partial charge in [0.15, 0.2) is 6.10 Å². The van der Waals surface area contributed by atoms with Gasteiger partial charge in [0.1, 0.15) is 11.3 Å². The Hall–Kier alpha value is -2.62. The number of fused-ring (bicyclic) bond motifs is 3. The first-order valence-electron chi connectivity index (χ1n) is 11.2. The molecule has 0 bridgehead atoms. The molecule has 0 radical (unpaired) electrons. The van der Waals surface area contributed by atoms with Gasteiger partial charge in [-0.2, -0.15) is 0 Å². The molecule has 0 spiro atoms. The van der Waals surface area contributed by atoms with E-state index < -0.39 is 0 Å². The number of oxime groups is 1. The fourth-order valence-corrected chi connectivity index (χ4v) is 6.02. The topological polar surface area (TPSA) is 24.8 Å². The van der Waals surface area contributed by atoms with Crippen molar-refractivity contribution in [3.05, 3.63) is 106 Å². The fraction of sp³-hybridized carbons (Fsp3) is 0.296. The van der Waals surface area contributed by atoms with Crippen LogP contribution in [0.3, 0.4) is 0 Å². The van der Waals surface area contributed by atoms with Gasteiger partial charge in [0, 0.05) is 10.6 Å². The molecule has 2 heterocycles. The largest absolute Gasteiger partial charge is 0.388 e. The van der Waals surface area contributed by atoms with E-state index >= 15 is 0 Å². The van der Waals surface area contributed by atoms with Crippen LogP contribution in [-0.2, 0) is 10.4 Å². The van der Waals surface area contributed by atoms with Gasteiger partial charge in [-0.05, 0) is 54.8 Å². The van der Waals surface area contributed by atoms with Crippen LogP contribution >= 0.6 is 11.6 Å². The number of benzene rings is 3. The van der Waals surface area contributed by atoms with Crippen LogP contribution in [0.4, 0.5) is 0 Å². The Bertz CT molecular complexity index is 1120. The van der Waals surface area contributed by atoms with Crippen molar-refractivity contribution in [3.8, 4) is 0 Å². The van der Waals surface area contributed by atoms with Gasteiger partial charge in [-0.15, -0.1) is 0 Å². The Balaban J connectivity index is 1.59. The maximum atomic E-state index is 6.39. The third-order valence-corrected chi connectivity index (χ3v) is 7.42. The van der Waals surface area contributed by atoms with Crippen molar-refractivity contribution in [2.24, 2.45) is 5.16 Å². The predicted molar refractivity (Wildman–Crippen MR) is 125 cm³/mol. The maximum absolute atomic E-state index is 6.39. The second-order valence-electron chi connectivity index (χ2n) is 8.76. The van der Waals surface area contributed by atoms with Crippen LogP contribution in [0.5, 0.6) is 0 Å². The molecule has 3 aliphatic rings. The average molecular weight is 429 g/mol. The summed E-state index contributed by atoms with van der Waals surface area (Å²) in [5.74, 6) is 0.146. The highest BCUT2D eigenvalue weighted by Gasteiger charge is 2.63. The maximum Gasteiger partial charge on any atom is 0.166 e. The molecule has 1 fully saturated rings. The number of piperidine rings is 1. The van der Waals surface area contributed by atoms with E-state index in [0.29, 0.717) is 0 Å². The highest BCUT2D eigenvalue weighted by atomic mass is 35.5. The summed E-state index contributed by atoms with van der Waals surface area (Å²) in [6.45, 7) is 2.12. The van der Waals surface area contributed by atoms with E-state index in [0.717, 1.165) is 29.4 Å². The first kappa shape index (κ1) is 19.1. The van der Waals surface area contributed by atoms with E-state index in [1.807, 2.05) is 12.1 Å². The molecule has 0 aromatic heterocycles. The molecular formula is C27H25ClN2O. The molecule has 156 valence electrons. The zero-order valence-corrected chi connectivity index (χ0v) is 18.1. The van der Waals surface area contributed by atoms with Crippen LogP contribution in [0, 0.1) is 0 Å². The number of hydrogen-bond donors (Lipinski definition) is 0. The molecule has 3 nitrogen and oxygen atoms in total. The zero-order valence-electron chi connectivity index (χ0n) is 17.4. The van der Waals surface area contributed by atoms with Crippen molar-refractivity contribution in [2.75, 3.05) is 13.1 Å². The van der Waals surface area contributed by atoms with E-state index in [9.17, 15) is 0 Å². The Morgan fingerprint density at radius 1 is 0.839 bits per heavy atom. The molecule has 0 N–H and O–H groups in total. The highest BCUT2D eigenvalue weighted by Crippen LogP contribution is 2.56. The van der Waals surface area contributed by atoms with Crippen molar-refractivity contribution in [2.45, 2.75) is 36.8 Å². The van der Waals surface area contributed by atoms with E-state index in [-0.39, 0.29) is 17.6 Å². The van der Waals surface area contributed by atoms with Gasteiger partial charge >= 0.3 is 0 Å². The van der Waals surface area contributed by atoms with Crippen LogP contribution in [0.15, 0.2) is 84.0 Å². The quantitative estimate of drug-likeness (QED) is 0.513. The second kappa shape index (κ2) is 7.51. The smallest absolute Gasteiger partial charge is 0.166 e. The lowest BCUT2D eigenvalue weighted by Gasteiger charge is -2.44. The summed E-state index contributed by atoms with van der Waals surface area (Å²) in [5.41, 5.74) is 5.69. The van der Waals surface area contributed by atoms with E-state index in [2.05, 4.69) is 71.6 Å². The molecule has 3 aromatic carbocycles. The van der Waals surface area contributed by atoms with Crippen molar-refractivity contribution in [3.63, 3.8) is 0 Å². The number of halogens is 1. The molecule has 4 heteroatoms. The summed E-state index contributed by atoms with van der Waals surface area (Å²) >= 11 is 6.22. The van der Waals surface area contributed by atoms with Crippen molar-refractivity contribution < 1.29 is 4.84 Å². The van der Waals surface area contributed by atoms with Crippen LogP contribution < -0.4 is 0 Å². The standard InChI is InChI=1S/C27H25ClN2O/c28-21-15-13-20(14-16-21)25-27(30-17-7-2-8-18-30)23-12-6-5-11-22(23)24(26(27)31-29-25)19-9-3-1-4-10-19/h1,3-6,9-16,24,26H,2,7-8,17-18H2/t24-,26+,27-/m0/s1. The highest BCUT2D eigenvalue weighted by molar-refractivity contribution is 6.30. The molecule has 0 amide bonds. The van der Waals surface area contributed by atoms with E-state index in [1.165, 1.54) is 36.0 Å². The molecule has 1 saturated heterocycles. The second-order valence-corrected chi connectivity index (χ2v) is 9.20. The average Bonchev–Trinajstić information content (AvgIpc) is 3.35. The first-order valence-corrected chi connectivity index (χ1v) is 11.6. The van der Waals surface area contributed by atoms with Gasteiger partial charge in [0.2, 0.25) is 0 Å². The third kappa shape index (κ3) is 2.80. The van der Waals surface area contributed by atoms with E-state index in [1.54, 1.807) is 0 Å². The normalized spacial score (nSPS) is 27.3. The van der Waals surface area contributed by atoms with Crippen molar-refractivity contribution in [1.82, 2.24) is 4.90 Å². The molecule has 3 atom stereocenters. The Morgan fingerprint density at radius 2 is 1.55 bits per heavy atom. The van der Waals surface area contributed by atoms with Crippen molar-refractivity contribution >= 4 is 17.3 Å². The molecular weight excluding hydrogens is 404 g/mol. The molecule has 3 aromatic rings. The Kier molecular flexibility index (Phi) is 4.62. The summed E-state index contributed by atoms with van der Waals surface area (Å²) in [5, 5.41) is 5.51. The van der Waals surface area contributed by atoms with E-state index in [4.69, 9.17) is 21.6 Å². The van der Waals surface area contributed by atoms with Gasteiger partial charge in [0.05, 0.1) is 5.92 Å². The van der Waals surface area contributed by atoms with Gasteiger partial charge < -0.3 is 4.84 Å². The monoisotopic (exact) mass is 428 g/mol. The SMILES string of the molecule is Clc1ccc(C2=NO[C@@H]3[C@@H](c4ccccc4)c4ccccc4[C@]23N2CCCCC2)cc1. The van der Waals surface area contributed by atoms with Gasteiger partial charge in [0.25, 0.3) is 0 Å². The Morgan fingerprint density at radius 3 is 2.32 bits per heavy atom. The van der Waals surface area contributed by atoms with Crippen LogP contribution in [0.2, 0.25) is 5.02 Å². The van der Waals surface area contributed by atoms with Crippen molar-refractivity contribution in [1.29, 1.82) is 0 Å². The number of hydrogen-bond acceptors (Lipinski definition) is 3. The van der Waals surface area contributed by atoms with Crippen LogP contribution in [-0.4, -0.2) is 29.8 Å². The Labute approximate surface area is 188 Å². The minimum absolute atomic E-state index is 0.0870. The molecule has 31 heavy (non-hydrogen) atoms. The molecule has 6 rings (SSSR count). The molecule has 1 aliphatic carbocycles. The summed E-state index contributed by atoms with van der Waals surface area (Å²) in [4.78, 5) is 9.04. The lowest BCUT2D eigenvalue weighted by Crippen LogP contribution is -2.57.